The Labute approximate surface area is 74.1 Å². The van der Waals surface area contributed by atoms with Gasteiger partial charge in [0.05, 0.1) is 6.21 Å². The lowest BCUT2D eigenvalue weighted by Crippen LogP contribution is -1.87. The smallest absolute Gasteiger partial charge is 0.207 e. The average molecular weight is 205 g/mol. The minimum absolute atomic E-state index is 0.308. The van der Waals surface area contributed by atoms with Crippen molar-refractivity contribution in [3.63, 3.8) is 0 Å². The summed E-state index contributed by atoms with van der Waals surface area (Å²) in [6.45, 7) is 0. The highest BCUT2D eigenvalue weighted by Crippen LogP contribution is 2.01. The van der Waals surface area contributed by atoms with E-state index in [2.05, 4.69) is 4.40 Å². The molecule has 0 bridgehead atoms. The van der Waals surface area contributed by atoms with Crippen molar-refractivity contribution in [3.05, 3.63) is 35.6 Å². The van der Waals surface area contributed by atoms with Gasteiger partial charge in [0, 0.05) is 0 Å². The van der Waals surface area contributed by atoms with Gasteiger partial charge in [0.2, 0.25) is 0 Å². The third-order valence-electron chi connectivity index (χ3n) is 1.20. The molecule has 1 rings (SSSR count). The van der Waals surface area contributed by atoms with Gasteiger partial charge in [0.1, 0.15) is 5.82 Å². The van der Waals surface area contributed by atoms with Gasteiger partial charge in [-0.15, -0.1) is 4.40 Å². The molecule has 6 heteroatoms. The SMILES string of the molecule is O=S(=O)(F)N=Cc1ccc(F)cc1. The number of halogens is 2. The molecular weight excluding hydrogens is 200 g/mol. The second kappa shape index (κ2) is 3.61. The topological polar surface area (TPSA) is 46.5 Å². The van der Waals surface area contributed by atoms with E-state index in [0.29, 0.717) is 5.56 Å². The normalized spacial score (nSPS) is 12.2. The van der Waals surface area contributed by atoms with Crippen LogP contribution in [0.4, 0.5) is 8.28 Å². The number of benzene rings is 1. The summed E-state index contributed by atoms with van der Waals surface area (Å²) in [6, 6.07) is 4.80. The zero-order valence-electron chi connectivity index (χ0n) is 6.31. The Morgan fingerprint density at radius 1 is 1.23 bits per heavy atom. The maximum atomic E-state index is 12.3. The van der Waals surface area contributed by atoms with Crippen molar-refractivity contribution in [2.75, 3.05) is 0 Å². The predicted octanol–water partition coefficient (Wildman–Crippen LogP) is 1.46. The van der Waals surface area contributed by atoms with Crippen molar-refractivity contribution in [3.8, 4) is 0 Å². The minimum atomic E-state index is -4.86. The van der Waals surface area contributed by atoms with Crippen molar-refractivity contribution in [1.29, 1.82) is 0 Å². The third kappa shape index (κ3) is 3.75. The lowest BCUT2D eigenvalue weighted by molar-refractivity contribution is 0.554. The van der Waals surface area contributed by atoms with Crippen LogP contribution < -0.4 is 0 Å². The molecule has 0 saturated heterocycles. The average Bonchev–Trinajstić information content (AvgIpc) is 2.02. The van der Waals surface area contributed by atoms with E-state index in [-0.39, 0.29) is 0 Å². The molecule has 0 aliphatic heterocycles. The van der Waals surface area contributed by atoms with Crippen LogP contribution in [0.1, 0.15) is 5.56 Å². The molecule has 0 aliphatic carbocycles. The van der Waals surface area contributed by atoms with E-state index in [4.69, 9.17) is 0 Å². The molecule has 0 aromatic heterocycles. The molecular formula is C7H5F2NO2S. The van der Waals surface area contributed by atoms with Gasteiger partial charge in [0.25, 0.3) is 0 Å². The molecule has 1 aromatic carbocycles. The fourth-order valence-electron chi connectivity index (χ4n) is 0.673. The second-order valence-electron chi connectivity index (χ2n) is 2.20. The molecule has 70 valence electrons. The molecule has 0 heterocycles. The standard InChI is InChI=1S/C7H5F2NO2S/c8-7-3-1-6(2-4-7)5-10-13(9,11)12/h1-5H. The summed E-state index contributed by atoms with van der Waals surface area (Å²) in [4.78, 5) is 0. The van der Waals surface area contributed by atoms with E-state index in [1.54, 1.807) is 0 Å². The van der Waals surface area contributed by atoms with Gasteiger partial charge >= 0.3 is 10.4 Å². The van der Waals surface area contributed by atoms with Crippen LogP contribution in [0.15, 0.2) is 28.7 Å². The first kappa shape index (κ1) is 9.79. The first-order valence-corrected chi connectivity index (χ1v) is 4.57. The predicted molar refractivity (Wildman–Crippen MR) is 44.0 cm³/mol. The van der Waals surface area contributed by atoms with Crippen LogP contribution in [0.5, 0.6) is 0 Å². The van der Waals surface area contributed by atoms with Crippen LogP contribution in [0, 0.1) is 5.82 Å². The van der Waals surface area contributed by atoms with Crippen molar-refractivity contribution in [2.45, 2.75) is 0 Å². The zero-order valence-corrected chi connectivity index (χ0v) is 7.13. The third-order valence-corrected chi connectivity index (χ3v) is 1.55. The minimum Gasteiger partial charge on any atom is -0.207 e. The Kier molecular flexibility index (Phi) is 2.72. The summed E-state index contributed by atoms with van der Waals surface area (Å²) in [6.07, 6.45) is 0.800. The number of hydrogen-bond acceptors (Lipinski definition) is 2. The van der Waals surface area contributed by atoms with Crippen LogP contribution in [0.25, 0.3) is 0 Å². The van der Waals surface area contributed by atoms with Crippen LogP contribution in [-0.2, 0) is 10.4 Å². The summed E-state index contributed by atoms with van der Waals surface area (Å²) in [5.41, 5.74) is 0.308. The number of hydrogen-bond donors (Lipinski definition) is 0. The number of rotatable bonds is 2. The molecule has 1 aromatic rings. The Bertz CT molecular complexity index is 411. The fourth-order valence-corrected chi connectivity index (χ4v) is 0.920. The van der Waals surface area contributed by atoms with Gasteiger partial charge in [-0.3, -0.25) is 0 Å². The first-order valence-electron chi connectivity index (χ1n) is 3.23. The monoisotopic (exact) mass is 205 g/mol. The molecule has 0 fully saturated rings. The largest absolute Gasteiger partial charge is 0.417 e. The quantitative estimate of drug-likeness (QED) is 0.542. The first-order chi connectivity index (χ1) is 5.97. The van der Waals surface area contributed by atoms with Crippen LogP contribution in [-0.4, -0.2) is 14.6 Å². The Morgan fingerprint density at radius 2 is 1.77 bits per heavy atom. The lowest BCUT2D eigenvalue weighted by atomic mass is 10.2. The Balaban J connectivity index is 2.88. The van der Waals surface area contributed by atoms with Crippen LogP contribution in [0.3, 0.4) is 0 Å². The van der Waals surface area contributed by atoms with Gasteiger partial charge in [0.15, 0.2) is 0 Å². The molecule has 0 N–H and O–H groups in total. The van der Waals surface area contributed by atoms with Gasteiger partial charge in [-0.1, -0.05) is 16.0 Å². The molecule has 0 amide bonds. The van der Waals surface area contributed by atoms with Gasteiger partial charge in [-0.2, -0.15) is 8.42 Å². The summed E-state index contributed by atoms with van der Waals surface area (Å²) in [5.74, 6) is -0.458. The summed E-state index contributed by atoms with van der Waals surface area (Å²) in [5, 5.41) is 0. The second-order valence-corrected chi connectivity index (χ2v) is 3.23. The maximum Gasteiger partial charge on any atom is 0.417 e. The van der Waals surface area contributed by atoms with Gasteiger partial charge in [-0.05, 0) is 17.7 Å². The van der Waals surface area contributed by atoms with E-state index in [1.807, 2.05) is 0 Å². The van der Waals surface area contributed by atoms with E-state index < -0.39 is 16.2 Å². The van der Waals surface area contributed by atoms with Crippen molar-refractivity contribution >= 4 is 16.6 Å². The highest BCUT2D eigenvalue weighted by Gasteiger charge is 1.99. The zero-order chi connectivity index (χ0) is 9.90. The van der Waals surface area contributed by atoms with Gasteiger partial charge < -0.3 is 0 Å². The molecule has 0 unspecified atom stereocenters. The molecule has 0 aliphatic rings. The van der Waals surface area contributed by atoms with Gasteiger partial charge in [-0.25, -0.2) is 4.39 Å². The summed E-state index contributed by atoms with van der Waals surface area (Å²) in [7, 11) is -4.86. The summed E-state index contributed by atoms with van der Waals surface area (Å²) >= 11 is 0. The fraction of sp³-hybridized carbons (Fsp3) is 0. The molecule has 13 heavy (non-hydrogen) atoms. The lowest BCUT2D eigenvalue weighted by Gasteiger charge is -1.90. The Morgan fingerprint density at radius 3 is 2.23 bits per heavy atom. The van der Waals surface area contributed by atoms with Crippen LogP contribution in [0.2, 0.25) is 0 Å². The van der Waals surface area contributed by atoms with E-state index in [9.17, 15) is 16.7 Å². The highest BCUT2D eigenvalue weighted by atomic mass is 32.3. The number of nitrogens with zero attached hydrogens (tertiary/aromatic N) is 1. The van der Waals surface area contributed by atoms with Crippen molar-refractivity contribution in [1.82, 2.24) is 0 Å². The Hall–Kier alpha value is -1.30. The molecule has 0 saturated carbocycles. The molecule has 0 atom stereocenters. The van der Waals surface area contributed by atoms with E-state index in [0.717, 1.165) is 18.3 Å². The summed E-state index contributed by atoms with van der Waals surface area (Å²) < 4.78 is 46.7. The molecule has 3 nitrogen and oxygen atoms in total. The molecule has 0 spiro atoms. The van der Waals surface area contributed by atoms with E-state index >= 15 is 0 Å². The maximum absolute atomic E-state index is 12.3. The van der Waals surface area contributed by atoms with Crippen molar-refractivity contribution in [2.24, 2.45) is 4.40 Å². The van der Waals surface area contributed by atoms with Crippen LogP contribution >= 0.6 is 0 Å². The van der Waals surface area contributed by atoms with E-state index in [1.165, 1.54) is 12.1 Å². The van der Waals surface area contributed by atoms with Crippen molar-refractivity contribution < 1.29 is 16.7 Å². The molecule has 0 radical (unpaired) electrons. The highest BCUT2D eigenvalue weighted by molar-refractivity contribution is 7.85.